The maximum atomic E-state index is 13.1. The molecule has 0 spiro atoms. The van der Waals surface area contributed by atoms with Gasteiger partial charge in [-0.15, -0.1) is 0 Å². The van der Waals surface area contributed by atoms with Crippen LogP contribution in [0, 0.1) is 0 Å². The summed E-state index contributed by atoms with van der Waals surface area (Å²) < 4.78 is 6.54. The van der Waals surface area contributed by atoms with Crippen molar-refractivity contribution in [1.29, 1.82) is 0 Å². The Morgan fingerprint density at radius 3 is 2.03 bits per heavy atom. The minimum Gasteiger partial charge on any atom is -0.492 e. The van der Waals surface area contributed by atoms with Gasteiger partial charge in [-0.3, -0.25) is 9.69 Å². The molecule has 0 bridgehead atoms. The van der Waals surface area contributed by atoms with Crippen molar-refractivity contribution in [2.24, 2.45) is 0 Å². The second-order valence-corrected chi connectivity index (χ2v) is 8.90. The summed E-state index contributed by atoms with van der Waals surface area (Å²) in [5.41, 5.74) is 3.26. The van der Waals surface area contributed by atoms with Gasteiger partial charge in [0, 0.05) is 31.7 Å². The van der Waals surface area contributed by atoms with E-state index in [0.717, 1.165) is 29.7 Å². The van der Waals surface area contributed by atoms with Gasteiger partial charge in [0.15, 0.2) is 0 Å². The first-order chi connectivity index (χ1) is 15.7. The van der Waals surface area contributed by atoms with Crippen molar-refractivity contribution in [3.8, 4) is 5.75 Å². The van der Waals surface area contributed by atoms with Crippen molar-refractivity contribution >= 4 is 21.8 Å². The van der Waals surface area contributed by atoms with E-state index in [4.69, 9.17) is 4.74 Å². The van der Waals surface area contributed by atoms with E-state index >= 15 is 0 Å². The molecule has 3 aromatic carbocycles. The van der Waals surface area contributed by atoms with Gasteiger partial charge < -0.3 is 9.64 Å². The van der Waals surface area contributed by atoms with Gasteiger partial charge in [0.05, 0.1) is 17.1 Å². The molecule has 0 atom stereocenters. The molecule has 1 amide bonds. The Morgan fingerprint density at radius 2 is 1.50 bits per heavy atom. The number of nitrogens with zero attached hydrogens (tertiary/aromatic N) is 2. The molecule has 1 fully saturated rings. The van der Waals surface area contributed by atoms with E-state index in [0.29, 0.717) is 25.3 Å². The van der Waals surface area contributed by atoms with Crippen LogP contribution in [0.25, 0.3) is 0 Å². The molecule has 1 aliphatic heterocycles. The fraction of sp³-hybridized carbons (Fsp3) is 0.296. The molecule has 5 heteroatoms. The molecule has 0 aliphatic carbocycles. The van der Waals surface area contributed by atoms with Gasteiger partial charge in [-0.05, 0) is 51.7 Å². The molecular weight excluding hydrogens is 464 g/mol. The number of hydrogen-bond donors (Lipinski definition) is 0. The van der Waals surface area contributed by atoms with Crippen LogP contribution in [-0.2, 0) is 0 Å². The minimum atomic E-state index is 0.0726. The van der Waals surface area contributed by atoms with Gasteiger partial charge in [-0.2, -0.15) is 0 Å². The summed E-state index contributed by atoms with van der Waals surface area (Å²) in [6.45, 7) is 5.82. The quantitative estimate of drug-likeness (QED) is 0.418. The Kier molecular flexibility index (Phi) is 7.61. The molecule has 1 saturated heterocycles. The van der Waals surface area contributed by atoms with Crippen LogP contribution in [0.1, 0.15) is 40.9 Å². The van der Waals surface area contributed by atoms with Crippen molar-refractivity contribution in [3.63, 3.8) is 0 Å². The van der Waals surface area contributed by atoms with Crippen molar-refractivity contribution in [2.75, 3.05) is 32.8 Å². The monoisotopic (exact) mass is 492 g/mol. The maximum Gasteiger partial charge on any atom is 0.253 e. The summed E-state index contributed by atoms with van der Waals surface area (Å²) >= 11 is 3.55. The SMILES string of the molecule is CCCOc1ccc(C(=O)N2CCN(C(c3ccccc3)c3ccccc3)CC2)cc1Br. The zero-order chi connectivity index (χ0) is 22.3. The van der Waals surface area contributed by atoms with Crippen LogP contribution in [0.15, 0.2) is 83.3 Å². The van der Waals surface area contributed by atoms with Gasteiger partial charge in [0.25, 0.3) is 5.91 Å². The molecular formula is C27H29BrN2O2. The normalized spacial score (nSPS) is 14.5. The number of amides is 1. The van der Waals surface area contributed by atoms with Gasteiger partial charge in [0.2, 0.25) is 0 Å². The lowest BCUT2D eigenvalue weighted by atomic mass is 9.96. The zero-order valence-electron chi connectivity index (χ0n) is 18.4. The number of ether oxygens (including phenoxy) is 1. The maximum absolute atomic E-state index is 13.1. The van der Waals surface area contributed by atoms with Crippen LogP contribution in [0.2, 0.25) is 0 Å². The predicted octanol–water partition coefficient (Wildman–Crippen LogP) is 5.79. The van der Waals surface area contributed by atoms with Crippen LogP contribution in [0.3, 0.4) is 0 Å². The number of rotatable bonds is 7. The van der Waals surface area contributed by atoms with E-state index in [1.54, 1.807) is 0 Å². The lowest BCUT2D eigenvalue weighted by Gasteiger charge is -2.39. The van der Waals surface area contributed by atoms with Crippen LogP contribution in [0.5, 0.6) is 5.75 Å². The molecule has 4 nitrogen and oxygen atoms in total. The van der Waals surface area contributed by atoms with Crippen LogP contribution < -0.4 is 4.74 Å². The Hall–Kier alpha value is -2.63. The minimum absolute atomic E-state index is 0.0726. The first-order valence-corrected chi connectivity index (χ1v) is 12.0. The van der Waals surface area contributed by atoms with Crippen molar-refractivity contribution < 1.29 is 9.53 Å². The molecule has 166 valence electrons. The van der Waals surface area contributed by atoms with E-state index in [1.165, 1.54) is 11.1 Å². The van der Waals surface area contributed by atoms with Crippen LogP contribution in [-0.4, -0.2) is 48.5 Å². The van der Waals surface area contributed by atoms with Gasteiger partial charge in [0.1, 0.15) is 5.75 Å². The number of halogens is 1. The standard InChI is InChI=1S/C27H29BrN2O2/c1-2-19-32-25-14-13-23(20-24(25)28)27(31)30-17-15-29(16-18-30)26(21-9-5-3-6-10-21)22-11-7-4-8-12-22/h3-14,20,26H,2,15-19H2,1H3. The number of piperazine rings is 1. The Morgan fingerprint density at radius 1 is 0.906 bits per heavy atom. The van der Waals surface area contributed by atoms with E-state index in [9.17, 15) is 4.79 Å². The summed E-state index contributed by atoms with van der Waals surface area (Å²) in [6.07, 6.45) is 0.949. The van der Waals surface area contributed by atoms with E-state index in [1.807, 2.05) is 23.1 Å². The Bertz CT molecular complexity index is 979. The summed E-state index contributed by atoms with van der Waals surface area (Å²) in [5, 5.41) is 0. The third-order valence-electron chi connectivity index (χ3n) is 5.84. The van der Waals surface area contributed by atoms with E-state index in [2.05, 4.69) is 88.4 Å². The molecule has 0 aromatic heterocycles. The number of carbonyl (C=O) groups is 1. The Balaban J connectivity index is 1.46. The van der Waals surface area contributed by atoms with Gasteiger partial charge in [-0.1, -0.05) is 67.6 Å². The van der Waals surface area contributed by atoms with E-state index in [-0.39, 0.29) is 11.9 Å². The first-order valence-electron chi connectivity index (χ1n) is 11.2. The lowest BCUT2D eigenvalue weighted by Crippen LogP contribution is -2.49. The Labute approximate surface area is 198 Å². The highest BCUT2D eigenvalue weighted by Gasteiger charge is 2.28. The summed E-state index contributed by atoms with van der Waals surface area (Å²) in [5.74, 6) is 0.852. The fourth-order valence-electron chi connectivity index (χ4n) is 4.21. The van der Waals surface area contributed by atoms with Crippen molar-refractivity contribution in [2.45, 2.75) is 19.4 Å². The average molecular weight is 493 g/mol. The van der Waals surface area contributed by atoms with Gasteiger partial charge in [-0.25, -0.2) is 0 Å². The fourth-order valence-corrected chi connectivity index (χ4v) is 4.71. The smallest absolute Gasteiger partial charge is 0.253 e. The molecule has 0 radical (unpaired) electrons. The van der Waals surface area contributed by atoms with Crippen LogP contribution >= 0.6 is 15.9 Å². The average Bonchev–Trinajstić information content (AvgIpc) is 2.85. The highest BCUT2D eigenvalue weighted by Crippen LogP contribution is 2.30. The third-order valence-corrected chi connectivity index (χ3v) is 6.46. The molecule has 32 heavy (non-hydrogen) atoms. The second-order valence-electron chi connectivity index (χ2n) is 8.05. The third kappa shape index (κ3) is 5.22. The first kappa shape index (κ1) is 22.6. The zero-order valence-corrected chi connectivity index (χ0v) is 20.0. The predicted molar refractivity (Wildman–Crippen MR) is 132 cm³/mol. The number of benzene rings is 3. The van der Waals surface area contributed by atoms with Crippen molar-refractivity contribution in [1.82, 2.24) is 9.80 Å². The van der Waals surface area contributed by atoms with E-state index < -0.39 is 0 Å². The molecule has 1 aliphatic rings. The van der Waals surface area contributed by atoms with Crippen molar-refractivity contribution in [3.05, 3.63) is 100 Å². The lowest BCUT2D eigenvalue weighted by molar-refractivity contribution is 0.0597. The second kappa shape index (κ2) is 10.8. The van der Waals surface area contributed by atoms with Crippen LogP contribution in [0.4, 0.5) is 0 Å². The molecule has 1 heterocycles. The molecule has 0 N–H and O–H groups in total. The molecule has 3 aromatic rings. The summed E-state index contributed by atoms with van der Waals surface area (Å²) in [7, 11) is 0. The number of hydrogen-bond acceptors (Lipinski definition) is 3. The largest absolute Gasteiger partial charge is 0.492 e. The summed E-state index contributed by atoms with van der Waals surface area (Å²) in [6, 6.07) is 27.0. The highest BCUT2D eigenvalue weighted by atomic mass is 79.9. The topological polar surface area (TPSA) is 32.8 Å². The summed E-state index contributed by atoms with van der Waals surface area (Å²) in [4.78, 5) is 17.6. The highest BCUT2D eigenvalue weighted by molar-refractivity contribution is 9.10. The number of carbonyl (C=O) groups excluding carboxylic acids is 1. The molecule has 0 unspecified atom stereocenters. The van der Waals surface area contributed by atoms with Gasteiger partial charge >= 0.3 is 0 Å². The molecule has 4 rings (SSSR count). The molecule has 0 saturated carbocycles.